The molecule has 26 heavy (non-hydrogen) atoms. The highest BCUT2D eigenvalue weighted by atomic mass is 35.5. The molecule has 3 aliphatic rings. The first-order valence-electron chi connectivity index (χ1n) is 9.91. The lowest BCUT2D eigenvalue weighted by Crippen LogP contribution is -2.50. The molecule has 1 aliphatic heterocycles. The number of anilines is 2. The number of carbonyl (C=O) groups excluding carboxylic acids is 1. The van der Waals surface area contributed by atoms with Gasteiger partial charge in [-0.3, -0.25) is 4.79 Å². The highest BCUT2D eigenvalue weighted by molar-refractivity contribution is 5.98. The Bertz CT molecular complexity index is 638. The number of rotatable bonds is 1. The van der Waals surface area contributed by atoms with E-state index in [4.69, 9.17) is 5.73 Å². The van der Waals surface area contributed by atoms with Crippen molar-refractivity contribution in [3.8, 4) is 0 Å². The summed E-state index contributed by atoms with van der Waals surface area (Å²) >= 11 is 0. The molecule has 1 aromatic rings. The van der Waals surface area contributed by atoms with Gasteiger partial charge in [-0.05, 0) is 55.6 Å². The van der Waals surface area contributed by atoms with Gasteiger partial charge < -0.3 is 15.5 Å². The molecule has 1 heterocycles. The van der Waals surface area contributed by atoms with Gasteiger partial charge in [0, 0.05) is 32.1 Å². The number of hydrogen-bond acceptors (Lipinski definition) is 3. The molecule has 144 valence electrons. The molecule has 0 aromatic heterocycles. The average Bonchev–Trinajstić information content (AvgIpc) is 2.71. The van der Waals surface area contributed by atoms with Gasteiger partial charge >= 0.3 is 0 Å². The standard InChI is InChI=1S/C21H31N3O.ClH/c1-14-12-23(2)18-8-3-4-9-19(18)24(13-14)21(25)17-10-15-6-5-7-16(11-17)20(15)22;/h3-4,8-9,14-17,20H,5-7,10-13,22H2,1-2H3;1H. The number of hydrogen-bond donors (Lipinski definition) is 1. The first kappa shape index (κ1) is 19.5. The van der Waals surface area contributed by atoms with E-state index < -0.39 is 0 Å². The molecule has 0 radical (unpaired) electrons. The Morgan fingerprint density at radius 1 is 1.08 bits per heavy atom. The number of nitrogens with two attached hydrogens (primary N) is 1. The van der Waals surface area contributed by atoms with E-state index in [1.165, 1.54) is 24.9 Å². The summed E-state index contributed by atoms with van der Waals surface area (Å²) in [6.45, 7) is 4.05. The van der Waals surface area contributed by atoms with Crippen LogP contribution in [-0.4, -0.2) is 32.1 Å². The molecule has 4 rings (SSSR count). The minimum Gasteiger partial charge on any atom is -0.373 e. The normalized spacial score (nSPS) is 33.7. The maximum atomic E-state index is 13.5. The summed E-state index contributed by atoms with van der Waals surface area (Å²) in [7, 11) is 2.13. The third kappa shape index (κ3) is 3.46. The van der Waals surface area contributed by atoms with Crippen LogP contribution >= 0.6 is 12.4 Å². The average molecular weight is 378 g/mol. The number of para-hydroxylation sites is 2. The fourth-order valence-electron chi connectivity index (χ4n) is 5.47. The molecule has 3 atom stereocenters. The number of benzene rings is 1. The van der Waals surface area contributed by atoms with E-state index in [2.05, 4.69) is 48.0 Å². The monoisotopic (exact) mass is 377 g/mol. The molecule has 2 aliphatic carbocycles. The maximum Gasteiger partial charge on any atom is 0.230 e. The van der Waals surface area contributed by atoms with Crippen LogP contribution in [0.1, 0.15) is 39.0 Å². The molecule has 2 saturated carbocycles. The SMILES string of the molecule is CC1CN(C)c2ccccc2N(C(=O)C2CC3CCCC(C2)C3N)C1.Cl. The van der Waals surface area contributed by atoms with Crippen LogP contribution in [0.5, 0.6) is 0 Å². The zero-order chi connectivity index (χ0) is 17.6. The van der Waals surface area contributed by atoms with Gasteiger partial charge in [0.1, 0.15) is 0 Å². The molecule has 2 bridgehead atoms. The van der Waals surface area contributed by atoms with Crippen LogP contribution in [0.2, 0.25) is 0 Å². The maximum absolute atomic E-state index is 13.5. The second kappa shape index (κ2) is 7.77. The summed E-state index contributed by atoms with van der Waals surface area (Å²) in [6.07, 6.45) is 5.67. The molecule has 5 heteroatoms. The van der Waals surface area contributed by atoms with Crippen molar-refractivity contribution in [1.82, 2.24) is 0 Å². The van der Waals surface area contributed by atoms with Crippen LogP contribution in [0.15, 0.2) is 24.3 Å². The van der Waals surface area contributed by atoms with Gasteiger partial charge in [0.05, 0.1) is 11.4 Å². The van der Waals surface area contributed by atoms with Crippen molar-refractivity contribution < 1.29 is 4.79 Å². The minimum atomic E-state index is 0. The zero-order valence-electron chi connectivity index (χ0n) is 15.9. The van der Waals surface area contributed by atoms with Gasteiger partial charge in [-0.15, -0.1) is 12.4 Å². The molecule has 1 aromatic carbocycles. The molecular formula is C21H32ClN3O. The second-order valence-electron chi connectivity index (χ2n) is 8.62. The Morgan fingerprint density at radius 2 is 1.69 bits per heavy atom. The van der Waals surface area contributed by atoms with Gasteiger partial charge in [-0.25, -0.2) is 0 Å². The molecular weight excluding hydrogens is 346 g/mol. The molecule has 2 N–H and O–H groups in total. The fraction of sp³-hybridized carbons (Fsp3) is 0.667. The molecule has 2 fully saturated rings. The highest BCUT2D eigenvalue weighted by Crippen LogP contribution is 2.43. The Hall–Kier alpha value is -1.26. The fourth-order valence-corrected chi connectivity index (χ4v) is 5.47. The lowest BCUT2D eigenvalue weighted by atomic mass is 9.65. The summed E-state index contributed by atoms with van der Waals surface area (Å²) < 4.78 is 0. The van der Waals surface area contributed by atoms with Gasteiger partial charge in [-0.2, -0.15) is 0 Å². The van der Waals surface area contributed by atoms with Crippen LogP contribution in [0.25, 0.3) is 0 Å². The lowest BCUT2D eigenvalue weighted by Gasteiger charge is -2.44. The quantitative estimate of drug-likeness (QED) is 0.812. The summed E-state index contributed by atoms with van der Waals surface area (Å²) in [6, 6.07) is 8.68. The van der Waals surface area contributed by atoms with Crippen molar-refractivity contribution in [2.45, 2.75) is 45.1 Å². The van der Waals surface area contributed by atoms with Crippen molar-refractivity contribution in [3.05, 3.63) is 24.3 Å². The molecule has 3 unspecified atom stereocenters. The first-order chi connectivity index (χ1) is 12.0. The third-order valence-corrected chi connectivity index (χ3v) is 6.69. The number of nitrogens with zero attached hydrogens (tertiary/aromatic N) is 2. The Labute approximate surface area is 163 Å². The number of halogens is 1. The van der Waals surface area contributed by atoms with E-state index in [-0.39, 0.29) is 18.3 Å². The van der Waals surface area contributed by atoms with Crippen LogP contribution < -0.4 is 15.5 Å². The summed E-state index contributed by atoms with van der Waals surface area (Å²) in [4.78, 5) is 17.9. The molecule has 0 saturated heterocycles. The first-order valence-corrected chi connectivity index (χ1v) is 9.91. The van der Waals surface area contributed by atoms with Crippen LogP contribution in [0.4, 0.5) is 11.4 Å². The van der Waals surface area contributed by atoms with Crippen molar-refractivity contribution >= 4 is 29.7 Å². The number of fused-ring (bicyclic) bond motifs is 3. The van der Waals surface area contributed by atoms with Crippen LogP contribution in [-0.2, 0) is 4.79 Å². The predicted octanol–water partition coefficient (Wildman–Crippen LogP) is 3.68. The number of carbonyl (C=O) groups is 1. The lowest BCUT2D eigenvalue weighted by molar-refractivity contribution is -0.125. The highest BCUT2D eigenvalue weighted by Gasteiger charge is 2.42. The Morgan fingerprint density at radius 3 is 2.35 bits per heavy atom. The van der Waals surface area contributed by atoms with Crippen molar-refractivity contribution in [2.24, 2.45) is 29.4 Å². The zero-order valence-corrected chi connectivity index (χ0v) is 16.8. The van der Waals surface area contributed by atoms with E-state index >= 15 is 0 Å². The van der Waals surface area contributed by atoms with E-state index in [0.29, 0.717) is 29.7 Å². The minimum absolute atomic E-state index is 0. The van der Waals surface area contributed by atoms with Gasteiger partial charge in [-0.1, -0.05) is 25.5 Å². The topological polar surface area (TPSA) is 49.6 Å². The van der Waals surface area contributed by atoms with Crippen LogP contribution in [0, 0.1) is 23.7 Å². The van der Waals surface area contributed by atoms with Crippen molar-refractivity contribution in [1.29, 1.82) is 0 Å². The predicted molar refractivity (Wildman–Crippen MR) is 110 cm³/mol. The van der Waals surface area contributed by atoms with E-state index in [1.807, 2.05) is 0 Å². The van der Waals surface area contributed by atoms with Gasteiger partial charge in [0.2, 0.25) is 5.91 Å². The summed E-state index contributed by atoms with van der Waals surface area (Å²) in [5, 5.41) is 0. The van der Waals surface area contributed by atoms with E-state index in [1.54, 1.807) is 0 Å². The van der Waals surface area contributed by atoms with Crippen molar-refractivity contribution in [3.63, 3.8) is 0 Å². The Kier molecular flexibility index (Phi) is 5.83. The molecule has 0 spiro atoms. The van der Waals surface area contributed by atoms with Gasteiger partial charge in [0.15, 0.2) is 0 Å². The van der Waals surface area contributed by atoms with Crippen LogP contribution in [0.3, 0.4) is 0 Å². The molecule has 1 amide bonds. The largest absolute Gasteiger partial charge is 0.373 e. The van der Waals surface area contributed by atoms with Gasteiger partial charge in [0.25, 0.3) is 0 Å². The number of amides is 1. The van der Waals surface area contributed by atoms with E-state index in [0.717, 1.165) is 31.6 Å². The summed E-state index contributed by atoms with van der Waals surface area (Å²) in [5.74, 6) is 2.04. The smallest absolute Gasteiger partial charge is 0.230 e. The Balaban J connectivity index is 0.00000196. The second-order valence-corrected chi connectivity index (χ2v) is 8.62. The third-order valence-electron chi connectivity index (χ3n) is 6.69. The van der Waals surface area contributed by atoms with E-state index in [9.17, 15) is 4.79 Å². The van der Waals surface area contributed by atoms with Crippen molar-refractivity contribution in [2.75, 3.05) is 29.9 Å². The summed E-state index contributed by atoms with van der Waals surface area (Å²) in [5.41, 5.74) is 8.69. The molecule has 4 nitrogen and oxygen atoms in total.